The highest BCUT2D eigenvalue weighted by atomic mass is 32.2. The molecule has 9 heteroatoms. The van der Waals surface area contributed by atoms with Crippen LogP contribution in [-0.2, 0) is 10.0 Å². The molecule has 1 aliphatic rings. The van der Waals surface area contributed by atoms with Crippen molar-refractivity contribution in [3.8, 4) is 11.5 Å². The number of fused-ring (bicyclic) bond motifs is 2. The van der Waals surface area contributed by atoms with E-state index in [2.05, 4.69) is 19.7 Å². The van der Waals surface area contributed by atoms with Gasteiger partial charge in [0.2, 0.25) is 16.8 Å². The van der Waals surface area contributed by atoms with Gasteiger partial charge in [0.05, 0.1) is 0 Å². The zero-order valence-electron chi connectivity index (χ0n) is 12.6. The van der Waals surface area contributed by atoms with Crippen LogP contribution in [-0.4, -0.2) is 25.5 Å². The van der Waals surface area contributed by atoms with Gasteiger partial charge in [-0.3, -0.25) is 0 Å². The molecule has 0 saturated heterocycles. The summed E-state index contributed by atoms with van der Waals surface area (Å²) in [6, 6.07) is 9.51. The van der Waals surface area contributed by atoms with Crippen molar-refractivity contribution in [1.82, 2.24) is 15.0 Å². The van der Waals surface area contributed by atoms with E-state index in [9.17, 15) is 8.42 Å². The van der Waals surface area contributed by atoms with Crippen LogP contribution in [0.25, 0.3) is 11.0 Å². The summed E-state index contributed by atoms with van der Waals surface area (Å²) in [5.41, 5.74) is 1.34. The van der Waals surface area contributed by atoms with Crippen molar-refractivity contribution in [2.75, 3.05) is 6.79 Å². The van der Waals surface area contributed by atoms with Crippen molar-refractivity contribution in [2.24, 2.45) is 0 Å². The van der Waals surface area contributed by atoms with E-state index in [1.165, 1.54) is 6.07 Å². The third-order valence-electron chi connectivity index (χ3n) is 3.77. The molecular formula is C15H13N3O5S. The Morgan fingerprint density at radius 3 is 2.83 bits per heavy atom. The smallest absolute Gasteiger partial charge is 0.243 e. The number of nitrogens with zero attached hydrogens (tertiary/aromatic N) is 2. The maximum Gasteiger partial charge on any atom is 0.243 e. The molecule has 0 bridgehead atoms. The zero-order chi connectivity index (χ0) is 16.7. The van der Waals surface area contributed by atoms with Gasteiger partial charge in [-0.25, -0.2) is 17.8 Å². The van der Waals surface area contributed by atoms with Crippen LogP contribution in [0.4, 0.5) is 0 Å². The first-order chi connectivity index (χ1) is 11.5. The predicted octanol–water partition coefficient (Wildman–Crippen LogP) is 1.99. The minimum Gasteiger partial charge on any atom is -0.454 e. The van der Waals surface area contributed by atoms with Crippen LogP contribution in [0.3, 0.4) is 0 Å². The van der Waals surface area contributed by atoms with Gasteiger partial charge in [-0.2, -0.15) is 0 Å². The molecule has 0 fully saturated rings. The van der Waals surface area contributed by atoms with Crippen molar-refractivity contribution in [2.45, 2.75) is 17.9 Å². The van der Waals surface area contributed by atoms with Gasteiger partial charge in [-0.05, 0) is 47.1 Å². The molecule has 0 radical (unpaired) electrons. The topological polar surface area (TPSA) is 104 Å². The molecule has 8 nitrogen and oxygen atoms in total. The van der Waals surface area contributed by atoms with Crippen LogP contribution in [0.2, 0.25) is 0 Å². The van der Waals surface area contributed by atoms with E-state index in [0.717, 1.165) is 5.56 Å². The first-order valence-electron chi connectivity index (χ1n) is 7.18. The Morgan fingerprint density at radius 2 is 1.96 bits per heavy atom. The standard InChI is InChI=1S/C15H13N3O5S/c1-9(10-5-6-12-13(7-10)22-8-21-12)18-24(19,20)14-4-2-3-11-15(14)17-23-16-11/h2-7,9,18H,8H2,1H3/t9-/m1/s1. The minimum absolute atomic E-state index is 0.0221. The number of hydrogen-bond acceptors (Lipinski definition) is 7. The SMILES string of the molecule is C[C@@H](NS(=O)(=O)c1cccc2nonc12)c1ccc2c(c1)OCO2. The summed E-state index contributed by atoms with van der Waals surface area (Å²) < 4.78 is 43.2. The third kappa shape index (κ3) is 2.47. The molecule has 124 valence electrons. The lowest BCUT2D eigenvalue weighted by Crippen LogP contribution is -2.27. The second kappa shape index (κ2) is 5.46. The first kappa shape index (κ1) is 14.9. The summed E-state index contributed by atoms with van der Waals surface area (Å²) in [7, 11) is -3.80. The van der Waals surface area contributed by atoms with Gasteiger partial charge in [0.1, 0.15) is 10.4 Å². The molecule has 4 rings (SSSR count). The van der Waals surface area contributed by atoms with Crippen LogP contribution < -0.4 is 14.2 Å². The van der Waals surface area contributed by atoms with E-state index in [1.54, 1.807) is 37.3 Å². The van der Waals surface area contributed by atoms with E-state index in [0.29, 0.717) is 17.0 Å². The zero-order valence-corrected chi connectivity index (χ0v) is 13.4. The lowest BCUT2D eigenvalue weighted by atomic mass is 10.1. The van der Waals surface area contributed by atoms with Gasteiger partial charge in [0.25, 0.3) is 0 Å². The number of sulfonamides is 1. The number of hydrogen-bond donors (Lipinski definition) is 1. The van der Waals surface area contributed by atoms with Crippen LogP contribution in [0.5, 0.6) is 11.5 Å². The quantitative estimate of drug-likeness (QED) is 0.769. The molecule has 2 aromatic carbocycles. The Morgan fingerprint density at radius 1 is 1.12 bits per heavy atom. The Hall–Kier alpha value is -2.65. The van der Waals surface area contributed by atoms with Gasteiger partial charge in [0, 0.05) is 6.04 Å². The molecule has 1 N–H and O–H groups in total. The number of nitrogens with one attached hydrogen (secondary N) is 1. The van der Waals surface area contributed by atoms with Crippen LogP contribution in [0.1, 0.15) is 18.5 Å². The summed E-state index contributed by atoms with van der Waals surface area (Å²) in [5.74, 6) is 1.24. The molecule has 1 aromatic heterocycles. The first-order valence-corrected chi connectivity index (χ1v) is 8.66. The van der Waals surface area contributed by atoms with Gasteiger partial charge < -0.3 is 9.47 Å². The fourth-order valence-electron chi connectivity index (χ4n) is 2.54. The van der Waals surface area contributed by atoms with Crippen LogP contribution in [0, 0.1) is 0 Å². The third-order valence-corrected chi connectivity index (χ3v) is 5.34. The largest absolute Gasteiger partial charge is 0.454 e. The summed E-state index contributed by atoms with van der Waals surface area (Å²) in [4.78, 5) is 0.0221. The average Bonchev–Trinajstić information content (AvgIpc) is 3.21. The molecule has 0 unspecified atom stereocenters. The molecule has 24 heavy (non-hydrogen) atoms. The van der Waals surface area contributed by atoms with E-state index in [4.69, 9.17) is 9.47 Å². The normalized spacial score (nSPS) is 14.9. The Kier molecular flexibility index (Phi) is 3.39. The van der Waals surface area contributed by atoms with Gasteiger partial charge in [-0.15, -0.1) is 0 Å². The molecule has 0 aliphatic carbocycles. The molecule has 2 heterocycles. The number of benzene rings is 2. The molecule has 0 amide bonds. The molecule has 0 spiro atoms. The van der Waals surface area contributed by atoms with Crippen molar-refractivity contribution in [1.29, 1.82) is 0 Å². The molecule has 0 saturated carbocycles. The van der Waals surface area contributed by atoms with E-state index < -0.39 is 16.1 Å². The Labute approximate surface area is 137 Å². The highest BCUT2D eigenvalue weighted by Crippen LogP contribution is 2.34. The van der Waals surface area contributed by atoms with Gasteiger partial charge in [-0.1, -0.05) is 12.1 Å². The van der Waals surface area contributed by atoms with Gasteiger partial charge >= 0.3 is 0 Å². The summed E-state index contributed by atoms with van der Waals surface area (Å²) in [6.45, 7) is 1.91. The highest BCUT2D eigenvalue weighted by molar-refractivity contribution is 7.89. The second-order valence-electron chi connectivity index (χ2n) is 5.34. The van der Waals surface area contributed by atoms with Crippen molar-refractivity contribution < 1.29 is 22.5 Å². The van der Waals surface area contributed by atoms with Crippen LogP contribution >= 0.6 is 0 Å². The molecule has 3 aromatic rings. The maximum atomic E-state index is 12.7. The van der Waals surface area contributed by atoms with Crippen molar-refractivity contribution in [3.05, 3.63) is 42.0 Å². The fraction of sp³-hybridized carbons (Fsp3) is 0.200. The number of ether oxygens (including phenoxy) is 2. The van der Waals surface area contributed by atoms with Gasteiger partial charge in [0.15, 0.2) is 17.0 Å². The predicted molar refractivity (Wildman–Crippen MR) is 83.1 cm³/mol. The lowest BCUT2D eigenvalue weighted by molar-refractivity contribution is 0.174. The summed E-state index contributed by atoms with van der Waals surface area (Å²) >= 11 is 0. The highest BCUT2D eigenvalue weighted by Gasteiger charge is 2.24. The molecule has 1 atom stereocenters. The van der Waals surface area contributed by atoms with Crippen molar-refractivity contribution in [3.63, 3.8) is 0 Å². The fourth-order valence-corrected chi connectivity index (χ4v) is 3.93. The Bertz CT molecular complexity index is 1010. The minimum atomic E-state index is -3.80. The summed E-state index contributed by atoms with van der Waals surface area (Å²) in [6.07, 6.45) is 0. The average molecular weight is 347 g/mol. The van der Waals surface area contributed by atoms with E-state index in [1.807, 2.05) is 0 Å². The Balaban J connectivity index is 1.65. The van der Waals surface area contributed by atoms with Crippen molar-refractivity contribution >= 4 is 21.1 Å². The number of rotatable bonds is 4. The second-order valence-corrected chi connectivity index (χ2v) is 7.03. The van der Waals surface area contributed by atoms with Crippen LogP contribution in [0.15, 0.2) is 45.9 Å². The van der Waals surface area contributed by atoms with E-state index in [-0.39, 0.29) is 17.2 Å². The molecule has 1 aliphatic heterocycles. The monoisotopic (exact) mass is 347 g/mol. The number of aromatic nitrogens is 2. The summed E-state index contributed by atoms with van der Waals surface area (Å²) in [5, 5.41) is 7.33. The maximum absolute atomic E-state index is 12.7. The molecular weight excluding hydrogens is 334 g/mol. The van der Waals surface area contributed by atoms with E-state index >= 15 is 0 Å². The lowest BCUT2D eigenvalue weighted by Gasteiger charge is -2.15.